The molecule has 5 heteroatoms. The molecule has 0 unspecified atom stereocenters. The average Bonchev–Trinajstić information content (AvgIpc) is 2.49. The minimum Gasteiger partial charge on any atom is -0.394 e. The van der Waals surface area contributed by atoms with Gasteiger partial charge in [0, 0.05) is 7.05 Å². The maximum atomic E-state index is 11.7. The van der Waals surface area contributed by atoms with Gasteiger partial charge in [-0.1, -0.05) is 19.1 Å². The van der Waals surface area contributed by atoms with Crippen LogP contribution >= 0.6 is 0 Å². The summed E-state index contributed by atoms with van der Waals surface area (Å²) < 4.78 is 0. The van der Waals surface area contributed by atoms with E-state index in [1.165, 1.54) is 7.98 Å². The van der Waals surface area contributed by atoms with E-state index in [1.807, 2.05) is 13.0 Å². The zero-order valence-electron chi connectivity index (χ0n) is 9.78. The lowest BCUT2D eigenvalue weighted by Crippen LogP contribution is -2.28. The first kappa shape index (κ1) is 12.3. The monoisotopic (exact) mass is 218 g/mol. The summed E-state index contributed by atoms with van der Waals surface area (Å²) in [6.07, 6.45) is 7.67. The molecule has 0 aromatic carbocycles. The topological polar surface area (TPSA) is 49.4 Å². The molecule has 0 radical (unpaired) electrons. The number of imide groups is 1. The van der Waals surface area contributed by atoms with Crippen molar-refractivity contribution in [3.8, 4) is 0 Å². The molecule has 1 heterocycles. The van der Waals surface area contributed by atoms with E-state index in [0.29, 0.717) is 11.1 Å². The molecule has 0 fully saturated rings. The largest absolute Gasteiger partial charge is 0.394 e. The molecule has 1 aliphatic rings. The van der Waals surface area contributed by atoms with Gasteiger partial charge in [-0.3, -0.25) is 9.59 Å². The van der Waals surface area contributed by atoms with Gasteiger partial charge < -0.3 is 10.1 Å². The van der Waals surface area contributed by atoms with E-state index in [1.54, 1.807) is 25.4 Å². The fourth-order valence-corrected chi connectivity index (χ4v) is 1.41. The lowest BCUT2D eigenvalue weighted by atomic mass is 10.1. The molecule has 0 saturated carbocycles. The number of hydrogen-bond acceptors (Lipinski definition) is 3. The van der Waals surface area contributed by atoms with Gasteiger partial charge in [0.15, 0.2) is 0 Å². The fraction of sp³-hybridized carbons (Fsp3) is 0.273. The second-order valence-corrected chi connectivity index (χ2v) is 3.43. The van der Waals surface area contributed by atoms with Crippen molar-refractivity contribution in [2.24, 2.45) is 0 Å². The van der Waals surface area contributed by atoms with Crippen molar-refractivity contribution in [1.82, 2.24) is 10.1 Å². The molecule has 16 heavy (non-hydrogen) atoms. The number of allylic oxidation sites excluding steroid dienone is 1. The summed E-state index contributed by atoms with van der Waals surface area (Å²) >= 11 is 0. The predicted octanol–water partition coefficient (Wildman–Crippen LogP) is -0.101. The third-order valence-corrected chi connectivity index (χ3v) is 2.30. The van der Waals surface area contributed by atoms with Gasteiger partial charge in [-0.05, 0) is 18.7 Å². The first-order valence-corrected chi connectivity index (χ1v) is 5.20. The lowest BCUT2D eigenvalue weighted by molar-refractivity contribution is -0.131. The highest BCUT2D eigenvalue weighted by Crippen LogP contribution is 2.21. The van der Waals surface area contributed by atoms with E-state index in [9.17, 15) is 9.59 Å². The quantitative estimate of drug-likeness (QED) is 0.529. The zero-order chi connectivity index (χ0) is 12.1. The van der Waals surface area contributed by atoms with Crippen LogP contribution in [0.4, 0.5) is 0 Å². The first-order chi connectivity index (χ1) is 7.63. The van der Waals surface area contributed by atoms with E-state index >= 15 is 0 Å². The molecular formula is C11H15BN2O2. The van der Waals surface area contributed by atoms with Crippen LogP contribution in [0.25, 0.3) is 0 Å². The Morgan fingerprint density at radius 3 is 2.31 bits per heavy atom. The number of amides is 2. The first-order valence-electron chi connectivity index (χ1n) is 5.20. The Labute approximate surface area is 96.1 Å². The van der Waals surface area contributed by atoms with E-state index in [4.69, 9.17) is 0 Å². The third kappa shape index (κ3) is 2.24. The molecule has 0 aromatic rings. The van der Waals surface area contributed by atoms with Gasteiger partial charge in [0.25, 0.3) is 0 Å². The highest BCUT2D eigenvalue weighted by atomic mass is 16.2. The van der Waals surface area contributed by atoms with Crippen molar-refractivity contribution >= 4 is 19.8 Å². The molecule has 0 spiro atoms. The Kier molecular flexibility index (Phi) is 4.11. The van der Waals surface area contributed by atoms with E-state index in [0.717, 1.165) is 11.2 Å². The van der Waals surface area contributed by atoms with Crippen molar-refractivity contribution < 1.29 is 9.59 Å². The molecule has 0 saturated heterocycles. The summed E-state index contributed by atoms with van der Waals surface area (Å²) in [5.74, 6) is -0.502. The van der Waals surface area contributed by atoms with Crippen LogP contribution in [-0.2, 0) is 9.59 Å². The van der Waals surface area contributed by atoms with E-state index in [2.05, 4.69) is 5.32 Å². The Morgan fingerprint density at radius 1 is 1.25 bits per heavy atom. The van der Waals surface area contributed by atoms with Gasteiger partial charge in [-0.2, -0.15) is 0 Å². The standard InChI is InChI=1S/C11H15BN2O2/c1-3-4-5-8-9(6-7-13-2)11(16)14(12)10(8)15/h4-7,13H,3,12H2,1-2H3/b5-4+,7-6-. The van der Waals surface area contributed by atoms with E-state index in [-0.39, 0.29) is 11.8 Å². The van der Waals surface area contributed by atoms with Crippen molar-refractivity contribution in [2.45, 2.75) is 13.3 Å². The number of carbonyl (C=O) groups is 2. The molecular weight excluding hydrogens is 203 g/mol. The number of nitrogens with one attached hydrogen (secondary N) is 1. The Morgan fingerprint density at radius 2 is 1.81 bits per heavy atom. The van der Waals surface area contributed by atoms with Crippen molar-refractivity contribution in [3.05, 3.63) is 35.6 Å². The van der Waals surface area contributed by atoms with Gasteiger partial charge in [-0.25, -0.2) is 0 Å². The molecule has 84 valence electrons. The molecule has 1 aliphatic heterocycles. The Bertz CT molecular complexity index is 361. The Hall–Kier alpha value is -1.78. The minimum absolute atomic E-state index is 0.245. The van der Waals surface area contributed by atoms with Crippen LogP contribution in [0, 0.1) is 0 Å². The van der Waals surface area contributed by atoms with Crippen LogP contribution in [0.15, 0.2) is 35.6 Å². The molecule has 2 amide bonds. The summed E-state index contributed by atoms with van der Waals surface area (Å²) in [6.45, 7) is 1.98. The smallest absolute Gasteiger partial charge is 0.248 e. The number of hydrogen-bond donors (Lipinski definition) is 1. The van der Waals surface area contributed by atoms with Crippen LogP contribution in [0.3, 0.4) is 0 Å². The van der Waals surface area contributed by atoms with Gasteiger partial charge in [0.05, 0.1) is 11.1 Å². The summed E-state index contributed by atoms with van der Waals surface area (Å²) in [5, 5.41) is 2.80. The van der Waals surface area contributed by atoms with Crippen LogP contribution < -0.4 is 5.32 Å². The van der Waals surface area contributed by atoms with Crippen LogP contribution in [0.1, 0.15) is 13.3 Å². The number of nitrogens with zero attached hydrogens (tertiary/aromatic N) is 1. The van der Waals surface area contributed by atoms with Crippen LogP contribution in [0.5, 0.6) is 0 Å². The van der Waals surface area contributed by atoms with E-state index < -0.39 is 0 Å². The number of carbonyl (C=O) groups excluding carboxylic acids is 2. The average molecular weight is 218 g/mol. The molecule has 0 aromatic heterocycles. The minimum atomic E-state index is -0.257. The molecule has 0 bridgehead atoms. The third-order valence-electron chi connectivity index (χ3n) is 2.30. The molecule has 1 rings (SSSR count). The van der Waals surface area contributed by atoms with Gasteiger partial charge in [-0.15, -0.1) is 0 Å². The number of rotatable bonds is 4. The Balaban J connectivity index is 3.13. The second-order valence-electron chi connectivity index (χ2n) is 3.43. The molecule has 1 N–H and O–H groups in total. The SMILES string of the molecule is BN1C(=O)C(/C=C\NC)=C(/C=C/CC)C1=O. The molecule has 4 nitrogen and oxygen atoms in total. The van der Waals surface area contributed by atoms with Crippen LogP contribution in [-0.4, -0.2) is 31.7 Å². The summed E-state index contributed by atoms with van der Waals surface area (Å²) in [4.78, 5) is 24.6. The maximum absolute atomic E-state index is 11.7. The fourth-order valence-electron chi connectivity index (χ4n) is 1.41. The summed E-state index contributed by atoms with van der Waals surface area (Å²) in [6, 6.07) is 0. The van der Waals surface area contributed by atoms with Gasteiger partial charge in [0.2, 0.25) is 19.8 Å². The van der Waals surface area contributed by atoms with Crippen molar-refractivity contribution in [2.75, 3.05) is 7.05 Å². The van der Waals surface area contributed by atoms with Crippen molar-refractivity contribution in [1.29, 1.82) is 0 Å². The normalized spacial score (nSPS) is 17.2. The van der Waals surface area contributed by atoms with Crippen LogP contribution in [0.2, 0.25) is 0 Å². The predicted molar refractivity (Wildman–Crippen MR) is 65.1 cm³/mol. The summed E-state index contributed by atoms with van der Waals surface area (Å²) in [5.41, 5.74) is 0.896. The lowest BCUT2D eigenvalue weighted by Gasteiger charge is -2.05. The molecule has 0 atom stereocenters. The highest BCUT2D eigenvalue weighted by Gasteiger charge is 2.31. The van der Waals surface area contributed by atoms with Gasteiger partial charge in [0.1, 0.15) is 0 Å². The second kappa shape index (κ2) is 5.35. The van der Waals surface area contributed by atoms with Crippen molar-refractivity contribution in [3.63, 3.8) is 0 Å². The summed E-state index contributed by atoms with van der Waals surface area (Å²) in [7, 11) is 3.23. The molecule has 0 aliphatic carbocycles. The zero-order valence-corrected chi connectivity index (χ0v) is 9.78. The highest BCUT2D eigenvalue weighted by molar-refractivity contribution is 6.36. The van der Waals surface area contributed by atoms with Gasteiger partial charge >= 0.3 is 0 Å². The maximum Gasteiger partial charge on any atom is 0.248 e.